The molecule has 0 rings (SSSR count). The van der Waals surface area contributed by atoms with Gasteiger partial charge in [0.25, 0.3) is 0 Å². The quantitative estimate of drug-likeness (QED) is 0.462. The normalized spacial score (nSPS) is 11.9. The van der Waals surface area contributed by atoms with Crippen molar-refractivity contribution in [3.63, 3.8) is 0 Å². The second kappa shape index (κ2) is 6.16. The van der Waals surface area contributed by atoms with Crippen LogP contribution in [0.4, 0.5) is 0 Å². The van der Waals surface area contributed by atoms with Crippen LogP contribution in [0.1, 0.15) is 26.7 Å². The number of hydrogen-bond donors (Lipinski definition) is 0. The smallest absolute Gasteiger partial charge is 0.0645 e. The van der Waals surface area contributed by atoms with E-state index in [4.69, 9.17) is 0 Å². The highest BCUT2D eigenvalue weighted by Crippen LogP contribution is 2.01. The SMILES string of the molecule is CCCC(C)C#CCBr. The van der Waals surface area contributed by atoms with E-state index in [0.717, 1.165) is 5.33 Å². The van der Waals surface area contributed by atoms with Crippen molar-refractivity contribution in [1.29, 1.82) is 0 Å². The van der Waals surface area contributed by atoms with Gasteiger partial charge in [0.05, 0.1) is 5.33 Å². The lowest BCUT2D eigenvalue weighted by Gasteiger charge is -1.96. The molecule has 0 saturated heterocycles. The Bertz CT molecular complexity index is 107. The molecule has 0 N–H and O–H groups in total. The number of halogens is 1. The summed E-state index contributed by atoms with van der Waals surface area (Å²) < 4.78 is 0. The Hall–Kier alpha value is 0.0400. The molecule has 1 heteroatoms. The van der Waals surface area contributed by atoms with E-state index in [1.54, 1.807) is 0 Å². The number of hydrogen-bond acceptors (Lipinski definition) is 0. The second-order valence-electron chi connectivity index (χ2n) is 2.14. The van der Waals surface area contributed by atoms with Crippen molar-refractivity contribution in [2.75, 3.05) is 5.33 Å². The van der Waals surface area contributed by atoms with Gasteiger partial charge >= 0.3 is 0 Å². The van der Waals surface area contributed by atoms with Gasteiger partial charge < -0.3 is 0 Å². The molecule has 0 radical (unpaired) electrons. The Labute approximate surface area is 66.2 Å². The van der Waals surface area contributed by atoms with E-state index in [0.29, 0.717) is 5.92 Å². The molecule has 1 unspecified atom stereocenters. The van der Waals surface area contributed by atoms with Crippen molar-refractivity contribution >= 4 is 15.9 Å². The topological polar surface area (TPSA) is 0 Å². The van der Waals surface area contributed by atoms with Crippen LogP contribution in [0.15, 0.2) is 0 Å². The van der Waals surface area contributed by atoms with Gasteiger partial charge in [-0.1, -0.05) is 48.0 Å². The number of rotatable bonds is 2. The lowest BCUT2D eigenvalue weighted by molar-refractivity contribution is 0.653. The summed E-state index contributed by atoms with van der Waals surface area (Å²) >= 11 is 3.26. The molecule has 0 fully saturated rings. The van der Waals surface area contributed by atoms with Gasteiger partial charge in [-0.25, -0.2) is 0 Å². The molecule has 0 aliphatic carbocycles. The largest absolute Gasteiger partial charge is 0.0993 e. The van der Waals surface area contributed by atoms with Crippen LogP contribution in [-0.2, 0) is 0 Å². The van der Waals surface area contributed by atoms with Gasteiger partial charge in [-0.05, 0) is 6.42 Å². The molecule has 0 amide bonds. The van der Waals surface area contributed by atoms with Crippen molar-refractivity contribution in [2.45, 2.75) is 26.7 Å². The van der Waals surface area contributed by atoms with Gasteiger partial charge in [-0.3, -0.25) is 0 Å². The van der Waals surface area contributed by atoms with Crippen LogP contribution in [0.5, 0.6) is 0 Å². The van der Waals surface area contributed by atoms with Crippen molar-refractivity contribution in [3.8, 4) is 11.8 Å². The maximum absolute atomic E-state index is 3.26. The third kappa shape index (κ3) is 5.92. The van der Waals surface area contributed by atoms with Gasteiger partial charge in [-0.15, -0.1) is 0 Å². The van der Waals surface area contributed by atoms with Crippen molar-refractivity contribution in [2.24, 2.45) is 5.92 Å². The highest BCUT2D eigenvalue weighted by atomic mass is 79.9. The van der Waals surface area contributed by atoms with Crippen LogP contribution in [0.25, 0.3) is 0 Å². The summed E-state index contributed by atoms with van der Waals surface area (Å²) in [6, 6.07) is 0. The Morgan fingerprint density at radius 3 is 2.67 bits per heavy atom. The minimum absolute atomic E-state index is 0.576. The lowest BCUT2D eigenvalue weighted by Crippen LogP contribution is -1.87. The van der Waals surface area contributed by atoms with Crippen molar-refractivity contribution < 1.29 is 0 Å². The molecule has 0 aliphatic rings. The standard InChI is InChI=1S/C8H13Br/c1-3-5-8(2)6-4-7-9/h8H,3,5,7H2,1-2H3. The lowest BCUT2D eigenvalue weighted by atomic mass is 10.1. The molecule has 0 spiro atoms. The molecule has 52 valence electrons. The van der Waals surface area contributed by atoms with Gasteiger partial charge in [0, 0.05) is 5.92 Å². The van der Waals surface area contributed by atoms with E-state index in [9.17, 15) is 0 Å². The minimum atomic E-state index is 0.576. The second-order valence-corrected chi connectivity index (χ2v) is 2.71. The van der Waals surface area contributed by atoms with Crippen molar-refractivity contribution in [1.82, 2.24) is 0 Å². The fraction of sp³-hybridized carbons (Fsp3) is 0.750. The first kappa shape index (κ1) is 9.04. The maximum Gasteiger partial charge on any atom is 0.0645 e. The first-order chi connectivity index (χ1) is 4.31. The predicted molar refractivity (Wildman–Crippen MR) is 45.6 cm³/mol. The van der Waals surface area contributed by atoms with E-state index in [2.05, 4.69) is 41.6 Å². The fourth-order valence-corrected chi connectivity index (χ4v) is 0.880. The predicted octanol–water partition coefficient (Wildman–Crippen LogP) is 2.82. The fourth-order valence-electron chi connectivity index (χ4n) is 0.718. The van der Waals surface area contributed by atoms with Gasteiger partial charge in [0.2, 0.25) is 0 Å². The first-order valence-corrected chi connectivity index (χ1v) is 4.47. The Balaban J connectivity index is 3.36. The van der Waals surface area contributed by atoms with Crippen LogP contribution in [0.3, 0.4) is 0 Å². The van der Waals surface area contributed by atoms with E-state index in [1.807, 2.05) is 0 Å². The first-order valence-electron chi connectivity index (χ1n) is 3.35. The molecular formula is C8H13Br. The third-order valence-electron chi connectivity index (χ3n) is 1.14. The molecule has 9 heavy (non-hydrogen) atoms. The molecule has 0 nitrogen and oxygen atoms in total. The van der Waals surface area contributed by atoms with Crippen LogP contribution >= 0.6 is 15.9 Å². The van der Waals surface area contributed by atoms with E-state index in [-0.39, 0.29) is 0 Å². The van der Waals surface area contributed by atoms with Gasteiger partial charge in [0.15, 0.2) is 0 Å². The van der Waals surface area contributed by atoms with Gasteiger partial charge in [0.1, 0.15) is 0 Å². The van der Waals surface area contributed by atoms with Gasteiger partial charge in [-0.2, -0.15) is 0 Å². The summed E-state index contributed by atoms with van der Waals surface area (Å²) in [5.41, 5.74) is 0. The Kier molecular flexibility index (Phi) is 6.19. The summed E-state index contributed by atoms with van der Waals surface area (Å²) in [7, 11) is 0. The molecule has 0 aromatic heterocycles. The van der Waals surface area contributed by atoms with Crippen LogP contribution in [0.2, 0.25) is 0 Å². The van der Waals surface area contributed by atoms with E-state index in [1.165, 1.54) is 12.8 Å². The molecule has 0 heterocycles. The molecule has 0 aromatic carbocycles. The Morgan fingerprint density at radius 1 is 1.56 bits per heavy atom. The average molecular weight is 189 g/mol. The highest BCUT2D eigenvalue weighted by Gasteiger charge is 1.91. The zero-order valence-corrected chi connectivity index (χ0v) is 7.66. The summed E-state index contributed by atoms with van der Waals surface area (Å²) in [6.07, 6.45) is 2.46. The molecule has 1 atom stereocenters. The van der Waals surface area contributed by atoms with Crippen LogP contribution < -0.4 is 0 Å². The number of alkyl halides is 1. The summed E-state index contributed by atoms with van der Waals surface area (Å²) in [5.74, 6) is 6.71. The summed E-state index contributed by atoms with van der Waals surface area (Å²) in [4.78, 5) is 0. The summed E-state index contributed by atoms with van der Waals surface area (Å²) in [5, 5.41) is 0.807. The zero-order valence-electron chi connectivity index (χ0n) is 6.08. The molecule has 0 aromatic rings. The third-order valence-corrected chi connectivity index (χ3v) is 1.42. The van der Waals surface area contributed by atoms with Crippen LogP contribution in [0, 0.1) is 17.8 Å². The molecule has 0 bridgehead atoms. The van der Waals surface area contributed by atoms with E-state index >= 15 is 0 Å². The molecule has 0 saturated carbocycles. The zero-order chi connectivity index (χ0) is 7.11. The maximum atomic E-state index is 3.26. The van der Waals surface area contributed by atoms with Crippen LogP contribution in [-0.4, -0.2) is 5.33 Å². The highest BCUT2D eigenvalue weighted by molar-refractivity contribution is 9.09. The minimum Gasteiger partial charge on any atom is -0.0993 e. The molecule has 0 aliphatic heterocycles. The van der Waals surface area contributed by atoms with Crippen molar-refractivity contribution in [3.05, 3.63) is 0 Å². The average Bonchev–Trinajstić information content (AvgIpc) is 1.85. The Morgan fingerprint density at radius 2 is 2.22 bits per heavy atom. The van der Waals surface area contributed by atoms with E-state index < -0.39 is 0 Å². The molecular weight excluding hydrogens is 176 g/mol. The monoisotopic (exact) mass is 188 g/mol. The summed E-state index contributed by atoms with van der Waals surface area (Å²) in [6.45, 7) is 4.35.